The summed E-state index contributed by atoms with van der Waals surface area (Å²) in [5.41, 5.74) is -0.127. The van der Waals surface area contributed by atoms with Gasteiger partial charge in [0, 0.05) is 18.6 Å². The second kappa shape index (κ2) is 6.24. The van der Waals surface area contributed by atoms with Gasteiger partial charge in [0.15, 0.2) is 0 Å². The fraction of sp³-hybridized carbons (Fsp3) is 0.923. The maximum Gasteiger partial charge on any atom is 0.225 e. The summed E-state index contributed by atoms with van der Waals surface area (Å²) in [6, 6.07) is 0. The van der Waals surface area contributed by atoms with Gasteiger partial charge in [0.25, 0.3) is 0 Å². The molecular weight excluding hydrogens is 202 g/mol. The average molecular weight is 227 g/mol. The lowest BCUT2D eigenvalue weighted by molar-refractivity contribution is -0.130. The van der Waals surface area contributed by atoms with Crippen LogP contribution in [0.15, 0.2) is 0 Å². The molecule has 1 aliphatic carbocycles. The van der Waals surface area contributed by atoms with Gasteiger partial charge in [-0.15, -0.1) is 0 Å². The van der Waals surface area contributed by atoms with Crippen LogP contribution in [0.3, 0.4) is 0 Å². The van der Waals surface area contributed by atoms with Gasteiger partial charge in [-0.05, 0) is 25.2 Å². The third-order valence-electron chi connectivity index (χ3n) is 3.92. The van der Waals surface area contributed by atoms with E-state index in [-0.39, 0.29) is 17.9 Å². The molecule has 1 amide bonds. The molecule has 94 valence electrons. The normalized spacial score (nSPS) is 20.7. The Bertz CT molecular complexity index is 222. The maximum absolute atomic E-state index is 12.0. The first-order chi connectivity index (χ1) is 7.62. The lowest BCUT2D eigenvalue weighted by Gasteiger charge is -2.24. The Morgan fingerprint density at radius 1 is 1.44 bits per heavy atom. The summed E-state index contributed by atoms with van der Waals surface area (Å²) >= 11 is 0. The minimum absolute atomic E-state index is 0.127. The second-order valence-corrected chi connectivity index (χ2v) is 5.26. The van der Waals surface area contributed by atoms with Crippen molar-refractivity contribution in [3.8, 4) is 0 Å². The summed E-state index contributed by atoms with van der Waals surface area (Å²) in [5.74, 6) is 0.625. The van der Waals surface area contributed by atoms with E-state index in [2.05, 4.69) is 19.2 Å². The van der Waals surface area contributed by atoms with Crippen LogP contribution in [0.5, 0.6) is 0 Å². The first kappa shape index (κ1) is 13.5. The third kappa shape index (κ3) is 3.48. The molecule has 1 unspecified atom stereocenters. The van der Waals surface area contributed by atoms with E-state index in [0.717, 1.165) is 25.7 Å². The standard InChI is InChI=1S/C13H25NO2/c1-3-11(6-9-15)10-14-12(16)13(2)7-4-5-8-13/h11,15H,3-10H2,1-2H3,(H,14,16). The third-order valence-corrected chi connectivity index (χ3v) is 3.92. The Morgan fingerprint density at radius 2 is 2.06 bits per heavy atom. The maximum atomic E-state index is 12.0. The van der Waals surface area contributed by atoms with Gasteiger partial charge in [-0.25, -0.2) is 0 Å². The molecule has 1 saturated carbocycles. The van der Waals surface area contributed by atoms with Crippen molar-refractivity contribution in [1.29, 1.82) is 0 Å². The van der Waals surface area contributed by atoms with Crippen LogP contribution < -0.4 is 5.32 Å². The molecule has 1 fully saturated rings. The SMILES string of the molecule is CCC(CCO)CNC(=O)C1(C)CCCC1. The van der Waals surface area contributed by atoms with Gasteiger partial charge in [-0.1, -0.05) is 33.1 Å². The predicted octanol–water partition coefficient (Wildman–Crippen LogP) is 2.09. The first-order valence-corrected chi connectivity index (χ1v) is 6.51. The highest BCUT2D eigenvalue weighted by Gasteiger charge is 2.35. The van der Waals surface area contributed by atoms with Crippen molar-refractivity contribution >= 4 is 5.91 Å². The molecule has 0 saturated heterocycles. The van der Waals surface area contributed by atoms with E-state index >= 15 is 0 Å². The Balaban J connectivity index is 2.33. The molecule has 3 heteroatoms. The number of aliphatic hydroxyl groups excluding tert-OH is 1. The zero-order valence-corrected chi connectivity index (χ0v) is 10.6. The largest absolute Gasteiger partial charge is 0.396 e. The molecule has 1 aliphatic rings. The van der Waals surface area contributed by atoms with Crippen molar-refractivity contribution in [1.82, 2.24) is 5.32 Å². The molecule has 0 aliphatic heterocycles. The minimum Gasteiger partial charge on any atom is -0.396 e. The quantitative estimate of drug-likeness (QED) is 0.730. The van der Waals surface area contributed by atoms with Crippen molar-refractivity contribution < 1.29 is 9.90 Å². The highest BCUT2D eigenvalue weighted by molar-refractivity contribution is 5.82. The van der Waals surface area contributed by atoms with E-state index in [9.17, 15) is 4.79 Å². The number of carbonyl (C=O) groups is 1. The number of hydrogen-bond acceptors (Lipinski definition) is 2. The second-order valence-electron chi connectivity index (χ2n) is 5.26. The summed E-state index contributed by atoms with van der Waals surface area (Å²) in [4.78, 5) is 12.0. The fourth-order valence-corrected chi connectivity index (χ4v) is 2.47. The summed E-state index contributed by atoms with van der Waals surface area (Å²) in [6.07, 6.45) is 6.20. The Hall–Kier alpha value is -0.570. The lowest BCUT2D eigenvalue weighted by Crippen LogP contribution is -2.39. The van der Waals surface area contributed by atoms with E-state index in [0.29, 0.717) is 12.5 Å². The molecule has 0 spiro atoms. The van der Waals surface area contributed by atoms with Crippen molar-refractivity contribution in [3.05, 3.63) is 0 Å². The van der Waals surface area contributed by atoms with Crippen LogP contribution in [0.1, 0.15) is 52.4 Å². The summed E-state index contributed by atoms with van der Waals surface area (Å²) in [5, 5.41) is 11.9. The van der Waals surface area contributed by atoms with Crippen LogP contribution in [-0.4, -0.2) is 24.2 Å². The van der Waals surface area contributed by atoms with Gasteiger partial charge < -0.3 is 10.4 Å². The van der Waals surface area contributed by atoms with Crippen molar-refractivity contribution in [2.24, 2.45) is 11.3 Å². The lowest BCUT2D eigenvalue weighted by atomic mass is 9.87. The van der Waals surface area contributed by atoms with E-state index < -0.39 is 0 Å². The molecule has 0 radical (unpaired) electrons. The zero-order valence-electron chi connectivity index (χ0n) is 10.6. The van der Waals surface area contributed by atoms with Crippen LogP contribution in [0.25, 0.3) is 0 Å². The van der Waals surface area contributed by atoms with E-state index in [1.165, 1.54) is 12.8 Å². The van der Waals surface area contributed by atoms with Gasteiger partial charge in [0.2, 0.25) is 5.91 Å². The zero-order chi connectivity index (χ0) is 12.0. The molecule has 0 bridgehead atoms. The van der Waals surface area contributed by atoms with Crippen molar-refractivity contribution in [2.45, 2.75) is 52.4 Å². The molecule has 1 atom stereocenters. The van der Waals surface area contributed by atoms with E-state index in [4.69, 9.17) is 5.11 Å². The molecule has 0 aromatic heterocycles. The highest BCUT2D eigenvalue weighted by atomic mass is 16.3. The van der Waals surface area contributed by atoms with Gasteiger partial charge in [0.1, 0.15) is 0 Å². The molecule has 16 heavy (non-hydrogen) atoms. The van der Waals surface area contributed by atoms with Gasteiger partial charge >= 0.3 is 0 Å². The molecule has 2 N–H and O–H groups in total. The van der Waals surface area contributed by atoms with Gasteiger partial charge in [-0.2, -0.15) is 0 Å². The minimum atomic E-state index is -0.127. The fourth-order valence-electron chi connectivity index (χ4n) is 2.47. The van der Waals surface area contributed by atoms with Crippen LogP contribution >= 0.6 is 0 Å². The van der Waals surface area contributed by atoms with Crippen molar-refractivity contribution in [3.63, 3.8) is 0 Å². The smallest absolute Gasteiger partial charge is 0.225 e. The average Bonchev–Trinajstić information content (AvgIpc) is 2.72. The monoisotopic (exact) mass is 227 g/mol. The van der Waals surface area contributed by atoms with Gasteiger partial charge in [-0.3, -0.25) is 4.79 Å². The van der Waals surface area contributed by atoms with E-state index in [1.54, 1.807) is 0 Å². The predicted molar refractivity (Wildman–Crippen MR) is 65.1 cm³/mol. The topological polar surface area (TPSA) is 49.3 Å². The number of hydrogen-bond donors (Lipinski definition) is 2. The number of rotatable bonds is 6. The first-order valence-electron chi connectivity index (χ1n) is 6.51. The molecule has 1 rings (SSSR count). The van der Waals surface area contributed by atoms with E-state index in [1.807, 2.05) is 0 Å². The highest BCUT2D eigenvalue weighted by Crippen LogP contribution is 2.37. The molecule has 0 heterocycles. The van der Waals surface area contributed by atoms with Gasteiger partial charge in [0.05, 0.1) is 0 Å². The Labute approximate surface area is 98.6 Å². The summed E-state index contributed by atoms with van der Waals surface area (Å²) < 4.78 is 0. The summed E-state index contributed by atoms with van der Waals surface area (Å²) in [6.45, 7) is 5.10. The molecule has 0 aromatic carbocycles. The van der Waals surface area contributed by atoms with Crippen LogP contribution in [0.4, 0.5) is 0 Å². The Kier molecular flexibility index (Phi) is 5.26. The Morgan fingerprint density at radius 3 is 2.56 bits per heavy atom. The number of amides is 1. The number of nitrogens with one attached hydrogen (secondary N) is 1. The molecular formula is C13H25NO2. The number of aliphatic hydroxyl groups is 1. The molecule has 0 aromatic rings. The van der Waals surface area contributed by atoms with Crippen LogP contribution in [-0.2, 0) is 4.79 Å². The van der Waals surface area contributed by atoms with Crippen molar-refractivity contribution in [2.75, 3.05) is 13.2 Å². The van der Waals surface area contributed by atoms with Crippen LogP contribution in [0, 0.1) is 11.3 Å². The van der Waals surface area contributed by atoms with Crippen LogP contribution in [0.2, 0.25) is 0 Å². The summed E-state index contributed by atoms with van der Waals surface area (Å²) in [7, 11) is 0. The molecule has 3 nitrogen and oxygen atoms in total. The number of carbonyl (C=O) groups excluding carboxylic acids is 1.